The van der Waals surface area contributed by atoms with Crippen molar-refractivity contribution >= 4 is 78.6 Å². The largest absolute Gasteiger partial charge is 0.358 e. The Balaban J connectivity index is 0.000000151. The first-order valence-electron chi connectivity index (χ1n) is 7.87. The van der Waals surface area contributed by atoms with Crippen LogP contribution in [-0.4, -0.2) is 9.97 Å². The highest BCUT2D eigenvalue weighted by molar-refractivity contribution is 14.1. The van der Waals surface area contributed by atoms with Crippen LogP contribution < -0.4 is 5.43 Å². The van der Waals surface area contributed by atoms with E-state index in [1.54, 1.807) is 0 Å². The molecular weight excluding hydrogens is 573 g/mol. The molecule has 0 spiro atoms. The number of halogens is 3. The number of fused-ring (bicyclic) bond motifs is 2. The van der Waals surface area contributed by atoms with E-state index in [2.05, 4.69) is 55.1 Å². The van der Waals surface area contributed by atoms with Gasteiger partial charge in [-0.3, -0.25) is 9.78 Å². The molecule has 4 aromatic rings. The number of H-pyrrole nitrogens is 1. The van der Waals surface area contributed by atoms with Crippen molar-refractivity contribution < 1.29 is 0 Å². The van der Waals surface area contributed by atoms with Gasteiger partial charge in [-0.15, -0.1) is 0 Å². The number of nitrogens with one attached hydrogen (secondary N) is 1. The number of rotatable bonds is 0. The van der Waals surface area contributed by atoms with Gasteiger partial charge in [0.25, 0.3) is 0 Å². The molecule has 0 saturated carbocycles. The van der Waals surface area contributed by atoms with Crippen molar-refractivity contribution in [2.24, 2.45) is 0 Å². The molecule has 0 amide bonds. The van der Waals surface area contributed by atoms with Gasteiger partial charge >= 0.3 is 0 Å². The Morgan fingerprint density at radius 3 is 2.27 bits per heavy atom. The molecule has 4 rings (SSSR count). The lowest BCUT2D eigenvalue weighted by Gasteiger charge is -2.04. The Morgan fingerprint density at radius 1 is 0.923 bits per heavy atom. The normalized spacial score (nSPS) is 10.7. The molecule has 0 radical (unpaired) electrons. The SMILES string of the molecule is Cc1[nH]c2ccccc2c(=O)c1I.Cc1nc2ccccc2c(Cl)c1I. The first kappa shape index (κ1) is 19.6. The summed E-state index contributed by atoms with van der Waals surface area (Å²) in [6.45, 7) is 3.88. The molecule has 132 valence electrons. The van der Waals surface area contributed by atoms with Crippen molar-refractivity contribution in [3.05, 3.63) is 82.3 Å². The van der Waals surface area contributed by atoms with Crippen molar-refractivity contribution in [1.29, 1.82) is 0 Å². The number of aryl methyl sites for hydroxylation is 2. The first-order chi connectivity index (χ1) is 12.4. The van der Waals surface area contributed by atoms with Gasteiger partial charge in [-0.2, -0.15) is 0 Å². The first-order valence-corrected chi connectivity index (χ1v) is 10.4. The second-order valence-electron chi connectivity index (χ2n) is 5.78. The van der Waals surface area contributed by atoms with Crippen LogP contribution in [0.2, 0.25) is 5.02 Å². The minimum Gasteiger partial charge on any atom is -0.358 e. The Kier molecular flexibility index (Phi) is 6.19. The van der Waals surface area contributed by atoms with Crippen molar-refractivity contribution in [3.8, 4) is 0 Å². The van der Waals surface area contributed by atoms with E-state index in [-0.39, 0.29) is 5.43 Å². The number of aromatic nitrogens is 2. The molecule has 0 aliphatic heterocycles. The molecule has 26 heavy (non-hydrogen) atoms. The Hall–Kier alpha value is -1.19. The van der Waals surface area contributed by atoms with E-state index in [1.165, 1.54) is 0 Å². The third kappa shape index (κ3) is 3.89. The summed E-state index contributed by atoms with van der Waals surface area (Å²) in [7, 11) is 0. The minimum absolute atomic E-state index is 0.118. The Labute approximate surface area is 183 Å². The molecule has 1 N–H and O–H groups in total. The monoisotopic (exact) mass is 588 g/mol. The lowest BCUT2D eigenvalue weighted by Crippen LogP contribution is -2.09. The topological polar surface area (TPSA) is 45.8 Å². The zero-order valence-corrected chi connectivity index (χ0v) is 19.2. The summed E-state index contributed by atoms with van der Waals surface area (Å²) < 4.78 is 1.81. The number of benzene rings is 2. The molecule has 0 aliphatic rings. The maximum absolute atomic E-state index is 11.7. The highest BCUT2D eigenvalue weighted by Gasteiger charge is 2.07. The molecule has 0 unspecified atom stereocenters. The fraction of sp³-hybridized carbons (Fsp3) is 0.100. The number of aromatic amines is 1. The smallest absolute Gasteiger partial charge is 0.202 e. The van der Waals surface area contributed by atoms with Gasteiger partial charge in [0.2, 0.25) is 5.43 Å². The van der Waals surface area contributed by atoms with Crippen LogP contribution >= 0.6 is 56.8 Å². The van der Waals surface area contributed by atoms with Crippen LogP contribution in [0.25, 0.3) is 21.8 Å². The average molecular weight is 589 g/mol. The number of hydrogen-bond acceptors (Lipinski definition) is 2. The average Bonchev–Trinajstić information content (AvgIpc) is 2.65. The number of pyridine rings is 2. The third-order valence-electron chi connectivity index (χ3n) is 3.96. The summed E-state index contributed by atoms with van der Waals surface area (Å²) in [5.41, 5.74) is 3.91. The molecule has 0 saturated heterocycles. The maximum atomic E-state index is 11.7. The van der Waals surface area contributed by atoms with Gasteiger partial charge in [0.05, 0.1) is 23.4 Å². The molecule has 2 aromatic carbocycles. The zero-order valence-electron chi connectivity index (χ0n) is 14.1. The lowest BCUT2D eigenvalue weighted by atomic mass is 10.2. The van der Waals surface area contributed by atoms with Crippen LogP contribution in [0.5, 0.6) is 0 Å². The highest BCUT2D eigenvalue weighted by Crippen LogP contribution is 2.28. The van der Waals surface area contributed by atoms with Crippen LogP contribution in [0.3, 0.4) is 0 Å². The van der Waals surface area contributed by atoms with Crippen molar-refractivity contribution in [1.82, 2.24) is 9.97 Å². The molecule has 0 fully saturated rings. The van der Waals surface area contributed by atoms with Gasteiger partial charge in [-0.1, -0.05) is 41.9 Å². The van der Waals surface area contributed by atoms with Crippen molar-refractivity contribution in [2.75, 3.05) is 0 Å². The fourth-order valence-electron chi connectivity index (χ4n) is 2.60. The molecule has 0 aliphatic carbocycles. The predicted molar refractivity (Wildman–Crippen MR) is 126 cm³/mol. The predicted octanol–water partition coefficient (Wildman–Crippen LogP) is 6.24. The number of nitrogens with zero attached hydrogens (tertiary/aromatic N) is 1. The second-order valence-corrected chi connectivity index (χ2v) is 8.32. The fourth-order valence-corrected chi connectivity index (χ4v) is 3.73. The summed E-state index contributed by atoms with van der Waals surface area (Å²) >= 11 is 10.5. The van der Waals surface area contributed by atoms with Gasteiger partial charge in [0.15, 0.2) is 0 Å². The maximum Gasteiger partial charge on any atom is 0.202 e. The van der Waals surface area contributed by atoms with Gasteiger partial charge in [0, 0.05) is 22.0 Å². The summed E-state index contributed by atoms with van der Waals surface area (Å²) in [6.07, 6.45) is 0. The van der Waals surface area contributed by atoms with Gasteiger partial charge in [-0.05, 0) is 77.2 Å². The van der Waals surface area contributed by atoms with E-state index in [9.17, 15) is 4.79 Å². The van der Waals surface area contributed by atoms with Crippen LogP contribution in [0.4, 0.5) is 0 Å². The van der Waals surface area contributed by atoms with E-state index in [0.717, 1.165) is 45.4 Å². The summed E-state index contributed by atoms with van der Waals surface area (Å²) in [5, 5.41) is 2.60. The molecular formula is C20H15ClI2N2O. The second kappa shape index (κ2) is 8.22. The summed E-state index contributed by atoms with van der Waals surface area (Å²) in [4.78, 5) is 19.4. The number of para-hydroxylation sites is 2. The van der Waals surface area contributed by atoms with Crippen molar-refractivity contribution in [3.63, 3.8) is 0 Å². The third-order valence-corrected chi connectivity index (χ3v) is 7.29. The Bertz CT molecular complexity index is 1170. The highest BCUT2D eigenvalue weighted by atomic mass is 127. The summed E-state index contributed by atoms with van der Waals surface area (Å²) in [5.74, 6) is 0. The van der Waals surface area contributed by atoms with Crippen LogP contribution in [-0.2, 0) is 0 Å². The molecule has 0 bridgehead atoms. The van der Waals surface area contributed by atoms with Gasteiger partial charge in [0.1, 0.15) is 0 Å². The molecule has 3 nitrogen and oxygen atoms in total. The Morgan fingerprint density at radius 2 is 1.54 bits per heavy atom. The van der Waals surface area contributed by atoms with Gasteiger partial charge in [-0.25, -0.2) is 0 Å². The standard InChI is InChI=1S/C10H7ClIN.C10H8INO/c1-6-10(12)9(11)7-4-2-3-5-8(7)13-6;1-6-9(11)10(13)7-4-2-3-5-8(7)12-6/h2-5H,1H3;2-5H,1H3,(H,12,13). The molecule has 2 heterocycles. The van der Waals surface area contributed by atoms with E-state index in [4.69, 9.17) is 11.6 Å². The van der Waals surface area contributed by atoms with E-state index < -0.39 is 0 Å². The van der Waals surface area contributed by atoms with Crippen molar-refractivity contribution in [2.45, 2.75) is 13.8 Å². The van der Waals surface area contributed by atoms with E-state index >= 15 is 0 Å². The quantitative estimate of drug-likeness (QED) is 0.247. The lowest BCUT2D eigenvalue weighted by molar-refractivity contribution is 1.21. The zero-order chi connectivity index (χ0) is 18.8. The van der Waals surface area contributed by atoms with E-state index in [1.807, 2.05) is 62.4 Å². The number of hydrogen-bond donors (Lipinski definition) is 1. The molecule has 2 aromatic heterocycles. The van der Waals surface area contributed by atoms with Crippen LogP contribution in [0, 0.1) is 21.0 Å². The summed E-state index contributed by atoms with van der Waals surface area (Å²) in [6, 6.07) is 15.5. The molecule has 6 heteroatoms. The minimum atomic E-state index is 0.118. The van der Waals surface area contributed by atoms with Gasteiger partial charge < -0.3 is 4.98 Å². The molecule has 0 atom stereocenters. The van der Waals surface area contributed by atoms with Crippen LogP contribution in [0.15, 0.2) is 53.3 Å². The van der Waals surface area contributed by atoms with Crippen LogP contribution in [0.1, 0.15) is 11.4 Å². The van der Waals surface area contributed by atoms with E-state index in [0.29, 0.717) is 0 Å².